The van der Waals surface area contributed by atoms with E-state index in [9.17, 15) is 18.0 Å². The number of nitrogens with one attached hydrogen (secondary N) is 1. The van der Waals surface area contributed by atoms with Crippen molar-refractivity contribution in [2.45, 2.75) is 32.9 Å². The third-order valence-electron chi connectivity index (χ3n) is 3.68. The molecule has 0 aliphatic rings. The number of hydrogen-bond acceptors (Lipinski definition) is 1. The molecule has 5 heteroatoms. The van der Waals surface area contributed by atoms with Crippen molar-refractivity contribution in [3.8, 4) is 0 Å². The summed E-state index contributed by atoms with van der Waals surface area (Å²) in [6, 6.07) is 9.97. The summed E-state index contributed by atoms with van der Waals surface area (Å²) in [4.78, 5) is 12.2. The average Bonchev–Trinajstić information content (AvgIpc) is 2.54. The Morgan fingerprint density at radius 3 is 2.30 bits per heavy atom. The third-order valence-corrected chi connectivity index (χ3v) is 3.68. The van der Waals surface area contributed by atoms with E-state index in [2.05, 4.69) is 12.2 Å². The standard InChI is InChI=1S/C18H18F3NO/c1-3-12-8-9-16(11-13(12)4-2)22-17(23)14-6-5-7-15(10-14)18(19,20)21/h5-11H,3-4H2,1-2H3,(H,22,23). The monoisotopic (exact) mass is 321 g/mol. The minimum absolute atomic E-state index is 0.0163. The molecule has 2 nitrogen and oxygen atoms in total. The SMILES string of the molecule is CCc1ccc(NC(=O)c2cccc(C(F)(F)F)c2)cc1CC. The molecule has 0 heterocycles. The lowest BCUT2D eigenvalue weighted by Gasteiger charge is -2.11. The quantitative estimate of drug-likeness (QED) is 0.835. The summed E-state index contributed by atoms with van der Waals surface area (Å²) in [6.07, 6.45) is -2.74. The molecule has 2 rings (SSSR count). The van der Waals surface area contributed by atoms with Crippen LogP contribution in [-0.4, -0.2) is 5.91 Å². The topological polar surface area (TPSA) is 29.1 Å². The second-order valence-corrected chi connectivity index (χ2v) is 5.22. The van der Waals surface area contributed by atoms with Gasteiger partial charge in [0.2, 0.25) is 0 Å². The molecular formula is C18H18F3NO. The van der Waals surface area contributed by atoms with Crippen LogP contribution in [0.1, 0.15) is 40.9 Å². The number of hydrogen-bond donors (Lipinski definition) is 1. The number of amides is 1. The van der Waals surface area contributed by atoms with Crippen LogP contribution in [0.15, 0.2) is 42.5 Å². The summed E-state index contributed by atoms with van der Waals surface area (Å²) < 4.78 is 38.1. The maximum atomic E-state index is 12.7. The molecular weight excluding hydrogens is 303 g/mol. The van der Waals surface area contributed by atoms with Crippen LogP contribution in [0.4, 0.5) is 18.9 Å². The van der Waals surface area contributed by atoms with Crippen molar-refractivity contribution in [2.75, 3.05) is 5.32 Å². The van der Waals surface area contributed by atoms with Crippen molar-refractivity contribution in [3.63, 3.8) is 0 Å². The van der Waals surface area contributed by atoms with Gasteiger partial charge >= 0.3 is 6.18 Å². The van der Waals surface area contributed by atoms with Gasteiger partial charge in [-0.15, -0.1) is 0 Å². The first-order valence-electron chi connectivity index (χ1n) is 7.45. The smallest absolute Gasteiger partial charge is 0.322 e. The molecule has 122 valence electrons. The Kier molecular flexibility index (Phi) is 5.08. The molecule has 0 atom stereocenters. The van der Waals surface area contributed by atoms with E-state index >= 15 is 0 Å². The number of carbonyl (C=O) groups is 1. The molecule has 1 amide bonds. The molecule has 0 bridgehead atoms. The zero-order valence-electron chi connectivity index (χ0n) is 13.0. The lowest BCUT2D eigenvalue weighted by molar-refractivity contribution is -0.137. The Bertz CT molecular complexity index is 708. The van der Waals surface area contributed by atoms with E-state index in [4.69, 9.17) is 0 Å². The maximum absolute atomic E-state index is 12.7. The second-order valence-electron chi connectivity index (χ2n) is 5.22. The number of benzene rings is 2. The lowest BCUT2D eigenvalue weighted by atomic mass is 10.0. The van der Waals surface area contributed by atoms with Crippen molar-refractivity contribution < 1.29 is 18.0 Å². The van der Waals surface area contributed by atoms with E-state index < -0.39 is 17.6 Å². The van der Waals surface area contributed by atoms with Gasteiger partial charge in [-0.3, -0.25) is 4.79 Å². The van der Waals surface area contributed by atoms with Crippen molar-refractivity contribution in [2.24, 2.45) is 0 Å². The van der Waals surface area contributed by atoms with Crippen molar-refractivity contribution in [3.05, 3.63) is 64.7 Å². The number of carbonyl (C=O) groups excluding carboxylic acids is 1. The van der Waals surface area contributed by atoms with E-state index in [1.807, 2.05) is 19.1 Å². The van der Waals surface area contributed by atoms with Gasteiger partial charge in [-0.2, -0.15) is 13.2 Å². The third kappa shape index (κ3) is 4.12. The zero-order valence-corrected chi connectivity index (χ0v) is 13.0. The van der Waals surface area contributed by atoms with Crippen LogP contribution < -0.4 is 5.32 Å². The molecule has 0 aromatic heterocycles. The molecule has 0 spiro atoms. The first-order valence-corrected chi connectivity index (χ1v) is 7.45. The Balaban J connectivity index is 2.22. The highest BCUT2D eigenvalue weighted by Crippen LogP contribution is 2.29. The number of aryl methyl sites for hydroxylation is 2. The Morgan fingerprint density at radius 2 is 1.70 bits per heavy atom. The largest absolute Gasteiger partial charge is 0.416 e. The van der Waals surface area contributed by atoms with E-state index in [1.54, 1.807) is 6.07 Å². The van der Waals surface area contributed by atoms with Gasteiger partial charge in [-0.25, -0.2) is 0 Å². The van der Waals surface area contributed by atoms with Gasteiger partial charge in [-0.05, 0) is 54.3 Å². The minimum atomic E-state index is -4.46. The van der Waals surface area contributed by atoms with Crippen LogP contribution in [0.25, 0.3) is 0 Å². The molecule has 2 aromatic rings. The summed E-state index contributed by atoms with van der Waals surface area (Å²) in [5.74, 6) is -0.553. The van der Waals surface area contributed by atoms with E-state index in [1.165, 1.54) is 17.7 Å². The van der Waals surface area contributed by atoms with E-state index in [0.717, 1.165) is 30.5 Å². The summed E-state index contributed by atoms with van der Waals surface area (Å²) in [7, 11) is 0. The molecule has 23 heavy (non-hydrogen) atoms. The lowest BCUT2D eigenvalue weighted by Crippen LogP contribution is -2.14. The Hall–Kier alpha value is -2.30. The molecule has 0 unspecified atom stereocenters. The Labute approximate surface area is 133 Å². The first kappa shape index (κ1) is 17.1. The van der Waals surface area contributed by atoms with Crippen molar-refractivity contribution in [1.82, 2.24) is 0 Å². The molecule has 0 fully saturated rings. The molecule has 0 aliphatic heterocycles. The summed E-state index contributed by atoms with van der Waals surface area (Å²) in [5, 5.41) is 2.66. The van der Waals surface area contributed by atoms with Gasteiger partial charge < -0.3 is 5.32 Å². The van der Waals surface area contributed by atoms with Crippen LogP contribution in [-0.2, 0) is 19.0 Å². The fourth-order valence-corrected chi connectivity index (χ4v) is 2.42. The number of alkyl halides is 3. The average molecular weight is 321 g/mol. The predicted molar refractivity (Wildman–Crippen MR) is 84.6 cm³/mol. The Morgan fingerprint density at radius 1 is 1.00 bits per heavy atom. The zero-order chi connectivity index (χ0) is 17.0. The van der Waals surface area contributed by atoms with Crippen molar-refractivity contribution in [1.29, 1.82) is 0 Å². The second kappa shape index (κ2) is 6.86. The summed E-state index contributed by atoms with van der Waals surface area (Å²) in [6.45, 7) is 4.07. The van der Waals surface area contributed by atoms with Crippen molar-refractivity contribution >= 4 is 11.6 Å². The van der Waals surface area contributed by atoms with Crippen LogP contribution >= 0.6 is 0 Å². The van der Waals surface area contributed by atoms with Gasteiger partial charge in [0.25, 0.3) is 5.91 Å². The molecule has 0 radical (unpaired) electrons. The number of rotatable bonds is 4. The normalized spacial score (nSPS) is 11.3. The molecule has 0 saturated carbocycles. The van der Waals surface area contributed by atoms with Crippen LogP contribution in [0.3, 0.4) is 0 Å². The van der Waals surface area contributed by atoms with E-state index in [0.29, 0.717) is 5.69 Å². The molecule has 1 N–H and O–H groups in total. The van der Waals surface area contributed by atoms with Gasteiger partial charge in [0.15, 0.2) is 0 Å². The molecule has 0 aliphatic carbocycles. The van der Waals surface area contributed by atoms with Crippen LogP contribution in [0, 0.1) is 0 Å². The molecule has 2 aromatic carbocycles. The predicted octanol–water partition coefficient (Wildman–Crippen LogP) is 5.08. The summed E-state index contributed by atoms with van der Waals surface area (Å²) >= 11 is 0. The van der Waals surface area contributed by atoms with Gasteiger partial charge in [0.1, 0.15) is 0 Å². The van der Waals surface area contributed by atoms with Gasteiger partial charge in [0, 0.05) is 11.3 Å². The minimum Gasteiger partial charge on any atom is -0.322 e. The maximum Gasteiger partial charge on any atom is 0.416 e. The summed E-state index contributed by atoms with van der Waals surface area (Å²) in [5.41, 5.74) is 2.05. The van der Waals surface area contributed by atoms with Gasteiger partial charge in [-0.1, -0.05) is 26.0 Å². The first-order chi connectivity index (χ1) is 10.8. The molecule has 0 saturated heterocycles. The van der Waals surface area contributed by atoms with Crippen LogP contribution in [0.2, 0.25) is 0 Å². The highest BCUT2D eigenvalue weighted by molar-refractivity contribution is 6.04. The highest BCUT2D eigenvalue weighted by Gasteiger charge is 2.30. The number of anilines is 1. The number of halogens is 3. The fraction of sp³-hybridized carbons (Fsp3) is 0.278. The fourth-order valence-electron chi connectivity index (χ4n) is 2.42. The van der Waals surface area contributed by atoms with Gasteiger partial charge in [0.05, 0.1) is 5.56 Å². The highest BCUT2D eigenvalue weighted by atomic mass is 19.4. The van der Waals surface area contributed by atoms with Crippen LogP contribution in [0.5, 0.6) is 0 Å². The van der Waals surface area contributed by atoms with E-state index in [-0.39, 0.29) is 5.56 Å².